The third-order valence-electron chi connectivity index (χ3n) is 2.88. The maximum Gasteiger partial charge on any atom is 0.255 e. The van der Waals surface area contributed by atoms with Gasteiger partial charge >= 0.3 is 0 Å². The summed E-state index contributed by atoms with van der Waals surface area (Å²) in [6.45, 7) is 1.72. The molecular weight excluding hydrogens is 296 g/mol. The Morgan fingerprint density at radius 2 is 2.15 bits per heavy atom. The van der Waals surface area contributed by atoms with Crippen molar-refractivity contribution >= 4 is 23.4 Å². The number of benzene rings is 1. The standard InChI is InChI=1S/C14H15ClN2O2S/c1-9-11(6-7-18)13(19)17-14(16-9)20-8-10-4-2-3-5-12(10)15/h2-5,18H,6-8H2,1H3,(H,16,17,19). The van der Waals surface area contributed by atoms with E-state index in [4.69, 9.17) is 16.7 Å². The lowest BCUT2D eigenvalue weighted by molar-refractivity contribution is 0.298. The number of nitrogens with zero attached hydrogens (tertiary/aromatic N) is 1. The molecule has 1 heterocycles. The molecule has 0 saturated heterocycles. The van der Waals surface area contributed by atoms with Crippen molar-refractivity contribution in [3.8, 4) is 0 Å². The van der Waals surface area contributed by atoms with Crippen LogP contribution >= 0.6 is 23.4 Å². The second-order valence-electron chi connectivity index (χ2n) is 4.29. The Kier molecular flexibility index (Phi) is 5.23. The van der Waals surface area contributed by atoms with E-state index in [0.29, 0.717) is 33.6 Å². The maximum absolute atomic E-state index is 11.9. The molecule has 0 spiro atoms. The Bertz CT molecular complexity index is 658. The molecule has 0 atom stereocenters. The van der Waals surface area contributed by atoms with Gasteiger partial charge in [0.2, 0.25) is 0 Å². The van der Waals surface area contributed by atoms with E-state index in [9.17, 15) is 4.79 Å². The molecule has 0 radical (unpaired) electrons. The summed E-state index contributed by atoms with van der Waals surface area (Å²) in [5, 5.41) is 10.2. The number of aryl methyl sites for hydroxylation is 1. The van der Waals surface area contributed by atoms with Crippen LogP contribution in [0.3, 0.4) is 0 Å². The van der Waals surface area contributed by atoms with Crippen molar-refractivity contribution in [2.45, 2.75) is 24.3 Å². The Morgan fingerprint density at radius 3 is 2.80 bits per heavy atom. The minimum atomic E-state index is -0.187. The predicted octanol–water partition coefficient (Wildman–Crippen LogP) is 2.56. The van der Waals surface area contributed by atoms with Gasteiger partial charge in [-0.2, -0.15) is 0 Å². The first kappa shape index (κ1) is 15.1. The third kappa shape index (κ3) is 3.62. The van der Waals surface area contributed by atoms with Crippen molar-refractivity contribution in [1.29, 1.82) is 0 Å². The minimum Gasteiger partial charge on any atom is -0.396 e. The molecule has 0 aliphatic carbocycles. The fraction of sp³-hybridized carbons (Fsp3) is 0.286. The summed E-state index contributed by atoms with van der Waals surface area (Å²) in [6.07, 6.45) is 0.323. The Balaban J connectivity index is 2.15. The van der Waals surface area contributed by atoms with Gasteiger partial charge in [0.15, 0.2) is 5.16 Å². The largest absolute Gasteiger partial charge is 0.396 e. The number of rotatable bonds is 5. The van der Waals surface area contributed by atoms with E-state index < -0.39 is 0 Å². The summed E-state index contributed by atoms with van der Waals surface area (Å²) in [6, 6.07) is 7.58. The second kappa shape index (κ2) is 6.92. The highest BCUT2D eigenvalue weighted by atomic mass is 35.5. The van der Waals surface area contributed by atoms with E-state index in [-0.39, 0.29) is 12.2 Å². The highest BCUT2D eigenvalue weighted by molar-refractivity contribution is 7.98. The molecular formula is C14H15ClN2O2S. The lowest BCUT2D eigenvalue weighted by Crippen LogP contribution is -2.18. The molecule has 2 rings (SSSR count). The van der Waals surface area contributed by atoms with Gasteiger partial charge in [-0.05, 0) is 18.6 Å². The van der Waals surface area contributed by atoms with Crippen LogP contribution in [0, 0.1) is 6.92 Å². The minimum absolute atomic E-state index is 0.0578. The van der Waals surface area contributed by atoms with Gasteiger partial charge in [0, 0.05) is 35.1 Å². The highest BCUT2D eigenvalue weighted by Gasteiger charge is 2.08. The number of hydrogen-bond donors (Lipinski definition) is 2. The topological polar surface area (TPSA) is 66.0 Å². The maximum atomic E-state index is 11.9. The first-order valence-electron chi connectivity index (χ1n) is 6.18. The van der Waals surface area contributed by atoms with Crippen LogP contribution in [0.15, 0.2) is 34.2 Å². The summed E-state index contributed by atoms with van der Waals surface area (Å²) >= 11 is 7.52. The van der Waals surface area contributed by atoms with E-state index in [2.05, 4.69) is 9.97 Å². The first-order valence-corrected chi connectivity index (χ1v) is 7.55. The zero-order valence-corrected chi connectivity index (χ0v) is 12.6. The van der Waals surface area contributed by atoms with Gasteiger partial charge in [0.25, 0.3) is 5.56 Å². The highest BCUT2D eigenvalue weighted by Crippen LogP contribution is 2.24. The van der Waals surface area contributed by atoms with E-state index in [1.807, 2.05) is 24.3 Å². The van der Waals surface area contributed by atoms with Crippen molar-refractivity contribution in [3.05, 3.63) is 56.5 Å². The fourth-order valence-corrected chi connectivity index (χ4v) is 3.01. The van der Waals surface area contributed by atoms with Crippen LogP contribution in [0.5, 0.6) is 0 Å². The van der Waals surface area contributed by atoms with Gasteiger partial charge in [0.05, 0.1) is 0 Å². The quantitative estimate of drug-likeness (QED) is 0.658. The van der Waals surface area contributed by atoms with E-state index in [1.54, 1.807) is 6.92 Å². The van der Waals surface area contributed by atoms with E-state index in [1.165, 1.54) is 11.8 Å². The second-order valence-corrected chi connectivity index (χ2v) is 5.66. The van der Waals surface area contributed by atoms with Crippen LogP contribution in [0.4, 0.5) is 0 Å². The third-order valence-corrected chi connectivity index (χ3v) is 4.18. The normalized spacial score (nSPS) is 10.8. The number of halogens is 1. The van der Waals surface area contributed by atoms with Gasteiger partial charge in [-0.25, -0.2) is 4.98 Å². The van der Waals surface area contributed by atoms with Crippen molar-refractivity contribution in [2.75, 3.05) is 6.61 Å². The molecule has 0 aliphatic heterocycles. The predicted molar refractivity (Wildman–Crippen MR) is 81.4 cm³/mol. The molecule has 0 amide bonds. The van der Waals surface area contributed by atoms with Crippen molar-refractivity contribution in [1.82, 2.24) is 9.97 Å². The molecule has 0 aliphatic rings. The molecule has 0 bridgehead atoms. The molecule has 1 aromatic heterocycles. The lowest BCUT2D eigenvalue weighted by Gasteiger charge is -2.06. The number of H-pyrrole nitrogens is 1. The number of hydrogen-bond acceptors (Lipinski definition) is 4. The smallest absolute Gasteiger partial charge is 0.255 e. The summed E-state index contributed by atoms with van der Waals surface area (Å²) in [4.78, 5) is 19.0. The van der Waals surface area contributed by atoms with E-state index >= 15 is 0 Å². The van der Waals surface area contributed by atoms with Gasteiger partial charge in [-0.3, -0.25) is 4.79 Å². The van der Waals surface area contributed by atoms with Crippen LogP contribution in [0.1, 0.15) is 16.8 Å². The summed E-state index contributed by atoms with van der Waals surface area (Å²) < 4.78 is 0. The number of aliphatic hydroxyl groups is 1. The van der Waals surface area contributed by atoms with Crippen molar-refractivity contribution in [3.63, 3.8) is 0 Å². The van der Waals surface area contributed by atoms with Gasteiger partial charge in [0.1, 0.15) is 0 Å². The van der Waals surface area contributed by atoms with Crippen LogP contribution < -0.4 is 5.56 Å². The fourth-order valence-electron chi connectivity index (χ4n) is 1.82. The number of aromatic nitrogens is 2. The Hall–Kier alpha value is -1.30. The molecule has 4 nitrogen and oxygen atoms in total. The molecule has 0 fully saturated rings. The number of aliphatic hydroxyl groups excluding tert-OH is 1. The molecule has 106 valence electrons. The Labute approximate surface area is 126 Å². The van der Waals surface area contributed by atoms with Crippen LogP contribution in [-0.4, -0.2) is 21.7 Å². The molecule has 0 saturated carbocycles. The monoisotopic (exact) mass is 310 g/mol. The van der Waals surface area contributed by atoms with Gasteiger partial charge in [-0.15, -0.1) is 0 Å². The molecule has 6 heteroatoms. The average molecular weight is 311 g/mol. The van der Waals surface area contributed by atoms with Gasteiger partial charge in [-0.1, -0.05) is 41.6 Å². The first-order chi connectivity index (χ1) is 9.61. The van der Waals surface area contributed by atoms with Crippen molar-refractivity contribution in [2.24, 2.45) is 0 Å². The van der Waals surface area contributed by atoms with Crippen LogP contribution in [0.2, 0.25) is 5.02 Å². The zero-order chi connectivity index (χ0) is 14.5. The average Bonchev–Trinajstić information content (AvgIpc) is 2.42. The van der Waals surface area contributed by atoms with Gasteiger partial charge < -0.3 is 10.1 Å². The SMILES string of the molecule is Cc1nc(SCc2ccccc2Cl)[nH]c(=O)c1CCO. The van der Waals surface area contributed by atoms with Crippen LogP contribution in [-0.2, 0) is 12.2 Å². The molecule has 0 unspecified atom stereocenters. The molecule has 20 heavy (non-hydrogen) atoms. The van der Waals surface area contributed by atoms with Crippen molar-refractivity contribution < 1.29 is 5.11 Å². The summed E-state index contributed by atoms with van der Waals surface area (Å²) in [5.41, 5.74) is 2.01. The molecule has 2 aromatic rings. The number of aromatic amines is 1. The summed E-state index contributed by atoms with van der Waals surface area (Å²) in [7, 11) is 0. The zero-order valence-electron chi connectivity index (χ0n) is 11.0. The summed E-state index contributed by atoms with van der Waals surface area (Å²) in [5.74, 6) is 0.640. The lowest BCUT2D eigenvalue weighted by atomic mass is 10.2. The number of thioether (sulfide) groups is 1. The van der Waals surface area contributed by atoms with E-state index in [0.717, 1.165) is 5.56 Å². The Morgan fingerprint density at radius 1 is 1.40 bits per heavy atom. The molecule has 1 aromatic carbocycles. The molecule has 2 N–H and O–H groups in total. The van der Waals surface area contributed by atoms with Crippen LogP contribution in [0.25, 0.3) is 0 Å². The number of nitrogens with one attached hydrogen (secondary N) is 1.